The van der Waals surface area contributed by atoms with Crippen molar-refractivity contribution in [1.29, 1.82) is 0 Å². The predicted octanol–water partition coefficient (Wildman–Crippen LogP) is 1.86. The third-order valence-electron chi connectivity index (χ3n) is 6.71. The van der Waals surface area contributed by atoms with E-state index in [9.17, 15) is 19.8 Å². The van der Waals surface area contributed by atoms with Crippen molar-refractivity contribution in [1.82, 2.24) is 14.5 Å². The summed E-state index contributed by atoms with van der Waals surface area (Å²) in [6.07, 6.45) is 0.0934. The third kappa shape index (κ3) is 3.39. The van der Waals surface area contributed by atoms with Crippen molar-refractivity contribution in [3.63, 3.8) is 0 Å². The molecular formula is C25H27N3O6. The first kappa shape index (κ1) is 22.5. The average molecular weight is 466 g/mol. The Kier molecular flexibility index (Phi) is 5.43. The molecule has 0 bridgehead atoms. The number of carbonyl (C=O) groups excluding carboxylic acids is 1. The first-order valence-corrected chi connectivity index (χ1v) is 11.3. The Morgan fingerprint density at radius 1 is 1.26 bits per heavy atom. The molecule has 9 nitrogen and oxygen atoms in total. The minimum atomic E-state index is -1.86. The first-order valence-electron chi connectivity index (χ1n) is 11.3. The molecular weight excluding hydrogens is 438 g/mol. The number of carbonyl (C=O) groups is 1. The fourth-order valence-electron chi connectivity index (χ4n) is 4.67. The molecule has 2 aromatic heterocycles. The number of cyclic esters (lactones) is 1. The Morgan fingerprint density at radius 2 is 2.06 bits per heavy atom. The van der Waals surface area contributed by atoms with Crippen LogP contribution in [0.1, 0.15) is 35.6 Å². The molecule has 3 aromatic rings. The van der Waals surface area contributed by atoms with Crippen LogP contribution >= 0.6 is 0 Å². The maximum atomic E-state index is 13.3. The van der Waals surface area contributed by atoms with E-state index in [0.29, 0.717) is 35.6 Å². The zero-order valence-corrected chi connectivity index (χ0v) is 19.4. The Labute approximate surface area is 196 Å². The Balaban J connectivity index is 1.60. The molecule has 34 heavy (non-hydrogen) atoms. The maximum Gasteiger partial charge on any atom is 0.343 e. The summed E-state index contributed by atoms with van der Waals surface area (Å²) in [6.45, 7) is 3.34. The van der Waals surface area contributed by atoms with Crippen LogP contribution in [-0.2, 0) is 39.6 Å². The minimum Gasteiger partial charge on any atom is -0.508 e. The van der Waals surface area contributed by atoms with Gasteiger partial charge in [-0.05, 0) is 44.8 Å². The van der Waals surface area contributed by atoms with E-state index in [-0.39, 0.29) is 42.1 Å². The molecule has 5 rings (SSSR count). The Bertz CT molecular complexity index is 1380. The van der Waals surface area contributed by atoms with Gasteiger partial charge in [-0.2, -0.15) is 0 Å². The summed E-state index contributed by atoms with van der Waals surface area (Å²) in [7, 11) is 3.93. The van der Waals surface area contributed by atoms with Crippen molar-refractivity contribution in [2.45, 2.75) is 38.7 Å². The Morgan fingerprint density at radius 3 is 2.79 bits per heavy atom. The molecule has 4 heterocycles. The highest BCUT2D eigenvalue weighted by molar-refractivity contribution is 5.89. The van der Waals surface area contributed by atoms with Gasteiger partial charge in [0.1, 0.15) is 12.4 Å². The van der Waals surface area contributed by atoms with E-state index in [1.54, 1.807) is 29.7 Å². The second kappa shape index (κ2) is 8.19. The number of likely N-dealkylation sites (N-methyl/N-ethyl adjacent to an activating group) is 1. The smallest absolute Gasteiger partial charge is 0.343 e. The number of ether oxygens (including phenoxy) is 2. The van der Waals surface area contributed by atoms with E-state index in [1.165, 1.54) is 0 Å². The van der Waals surface area contributed by atoms with E-state index in [0.717, 1.165) is 17.5 Å². The third-order valence-corrected chi connectivity index (χ3v) is 6.71. The molecule has 0 fully saturated rings. The summed E-state index contributed by atoms with van der Waals surface area (Å²) in [6, 6.07) is 6.94. The fraction of sp³-hybridized carbons (Fsp3) is 0.400. The zero-order valence-electron chi connectivity index (χ0n) is 19.4. The zero-order chi connectivity index (χ0) is 24.2. The highest BCUT2D eigenvalue weighted by Crippen LogP contribution is 2.39. The van der Waals surface area contributed by atoms with E-state index < -0.39 is 11.6 Å². The molecule has 178 valence electrons. The summed E-state index contributed by atoms with van der Waals surface area (Å²) >= 11 is 0. The van der Waals surface area contributed by atoms with Crippen LogP contribution in [0.2, 0.25) is 0 Å². The van der Waals surface area contributed by atoms with Crippen molar-refractivity contribution in [2.75, 3.05) is 27.2 Å². The number of phenolic OH excluding ortho intramolecular Hbond substituents is 1. The number of pyridine rings is 2. The molecule has 1 aromatic carbocycles. The highest BCUT2D eigenvalue weighted by atomic mass is 16.6. The molecule has 0 unspecified atom stereocenters. The van der Waals surface area contributed by atoms with Crippen LogP contribution in [0.5, 0.6) is 5.75 Å². The van der Waals surface area contributed by atoms with Crippen LogP contribution < -0.4 is 5.56 Å². The van der Waals surface area contributed by atoms with Gasteiger partial charge in [0.2, 0.25) is 0 Å². The van der Waals surface area contributed by atoms with Gasteiger partial charge in [0.05, 0.1) is 42.2 Å². The van der Waals surface area contributed by atoms with Crippen LogP contribution in [0.25, 0.3) is 22.3 Å². The molecule has 0 radical (unpaired) electrons. The molecule has 0 aliphatic carbocycles. The fourth-order valence-corrected chi connectivity index (χ4v) is 4.67. The van der Waals surface area contributed by atoms with Gasteiger partial charge in [-0.3, -0.25) is 4.79 Å². The predicted molar refractivity (Wildman–Crippen MR) is 124 cm³/mol. The number of aromatic nitrogens is 2. The molecule has 0 amide bonds. The molecule has 2 aliphatic rings. The Hall–Kier alpha value is -3.27. The SMILES string of the molecule is CC[C@@]1(O)C(=O)OCc2c1cc1n(c2=O)Cc2cc3c(COCCN(C)C)c(O)ccc3nc2-1. The van der Waals surface area contributed by atoms with Crippen molar-refractivity contribution >= 4 is 16.9 Å². The van der Waals surface area contributed by atoms with Gasteiger partial charge >= 0.3 is 5.97 Å². The summed E-state index contributed by atoms with van der Waals surface area (Å²) in [5.41, 5.74) is 1.72. The van der Waals surface area contributed by atoms with E-state index in [2.05, 4.69) is 0 Å². The quantitative estimate of drug-likeness (QED) is 0.328. The molecule has 2 aliphatic heterocycles. The number of rotatable bonds is 6. The van der Waals surface area contributed by atoms with E-state index in [4.69, 9.17) is 14.5 Å². The monoisotopic (exact) mass is 465 g/mol. The van der Waals surface area contributed by atoms with Crippen molar-refractivity contribution < 1.29 is 24.5 Å². The number of hydrogen-bond acceptors (Lipinski definition) is 8. The standard InChI is InChI=1S/C25H27N3O6/c1-4-25(32)18-10-20-22-14(11-28(20)23(30)17(18)13-34-24(25)31)9-15-16(12-33-8-7-27(2)3)21(29)6-5-19(15)26-22/h5-6,9-10,29,32H,4,7-8,11-13H2,1-3H3/t25-/m0/s1. The lowest BCUT2D eigenvalue weighted by Gasteiger charge is -2.31. The first-order chi connectivity index (χ1) is 16.2. The number of benzene rings is 1. The highest BCUT2D eigenvalue weighted by Gasteiger charge is 2.45. The van der Waals surface area contributed by atoms with Crippen LogP contribution in [0.3, 0.4) is 0 Å². The average Bonchev–Trinajstić information content (AvgIpc) is 3.17. The molecule has 0 saturated heterocycles. The number of esters is 1. The van der Waals surface area contributed by atoms with Crippen molar-refractivity contribution in [3.05, 3.63) is 56.9 Å². The van der Waals surface area contributed by atoms with Crippen molar-refractivity contribution in [2.24, 2.45) is 0 Å². The van der Waals surface area contributed by atoms with E-state index >= 15 is 0 Å². The number of hydrogen-bond donors (Lipinski definition) is 2. The second-order valence-corrected chi connectivity index (χ2v) is 9.08. The number of aromatic hydroxyl groups is 1. The van der Waals surface area contributed by atoms with Gasteiger partial charge < -0.3 is 29.2 Å². The van der Waals surface area contributed by atoms with Crippen LogP contribution in [0.4, 0.5) is 0 Å². The number of nitrogens with zero attached hydrogens (tertiary/aromatic N) is 3. The number of phenols is 1. The summed E-state index contributed by atoms with van der Waals surface area (Å²) < 4.78 is 12.5. The van der Waals surface area contributed by atoms with Gasteiger partial charge in [0.15, 0.2) is 5.60 Å². The topological polar surface area (TPSA) is 114 Å². The second-order valence-electron chi connectivity index (χ2n) is 9.08. The number of aliphatic hydroxyl groups is 1. The minimum absolute atomic E-state index is 0.0934. The number of fused-ring (bicyclic) bond motifs is 5. The lowest BCUT2D eigenvalue weighted by molar-refractivity contribution is -0.172. The lowest BCUT2D eigenvalue weighted by atomic mass is 9.86. The normalized spacial score (nSPS) is 18.7. The van der Waals surface area contributed by atoms with Gasteiger partial charge in [-0.1, -0.05) is 6.92 Å². The van der Waals surface area contributed by atoms with Gasteiger partial charge in [-0.25, -0.2) is 9.78 Å². The van der Waals surface area contributed by atoms with Crippen LogP contribution in [-0.4, -0.2) is 57.9 Å². The van der Waals surface area contributed by atoms with Crippen molar-refractivity contribution in [3.8, 4) is 17.1 Å². The van der Waals surface area contributed by atoms with Crippen LogP contribution in [0, 0.1) is 0 Å². The molecule has 0 spiro atoms. The van der Waals surface area contributed by atoms with Gasteiger partial charge in [0, 0.05) is 28.6 Å². The molecule has 9 heteroatoms. The molecule has 1 atom stereocenters. The maximum absolute atomic E-state index is 13.3. The van der Waals surface area contributed by atoms with E-state index in [1.807, 2.05) is 25.1 Å². The van der Waals surface area contributed by atoms with Gasteiger partial charge in [0.25, 0.3) is 5.56 Å². The van der Waals surface area contributed by atoms with Gasteiger partial charge in [-0.15, -0.1) is 0 Å². The summed E-state index contributed by atoms with van der Waals surface area (Å²) in [5, 5.41) is 22.2. The van der Waals surface area contributed by atoms with Crippen LogP contribution in [0.15, 0.2) is 29.1 Å². The summed E-state index contributed by atoms with van der Waals surface area (Å²) in [5.74, 6) is -0.614. The lowest BCUT2D eigenvalue weighted by Crippen LogP contribution is -2.44. The largest absolute Gasteiger partial charge is 0.508 e. The molecule has 0 saturated carbocycles. The summed E-state index contributed by atoms with van der Waals surface area (Å²) in [4.78, 5) is 32.4. The molecule has 2 N–H and O–H groups in total.